The number of aromatic amines is 1. The molecule has 0 saturated heterocycles. The Hall–Kier alpha value is -2.18. The van der Waals surface area contributed by atoms with Crippen molar-refractivity contribution in [2.75, 3.05) is 13.7 Å². The van der Waals surface area contributed by atoms with Gasteiger partial charge in [-0.1, -0.05) is 30.3 Å². The maximum Gasteiger partial charge on any atom is 0.329 e. The van der Waals surface area contributed by atoms with E-state index >= 15 is 0 Å². The molecule has 0 unspecified atom stereocenters. The Balaban J connectivity index is 2.16. The van der Waals surface area contributed by atoms with Gasteiger partial charge >= 0.3 is 5.69 Å². The summed E-state index contributed by atoms with van der Waals surface area (Å²) in [6.45, 7) is 0.571. The van der Waals surface area contributed by atoms with Crippen LogP contribution in [0, 0.1) is 0 Å². The molecule has 3 rings (SSSR count). The summed E-state index contributed by atoms with van der Waals surface area (Å²) in [6, 6.07) is 11.6. The number of thiophene rings is 1. The van der Waals surface area contributed by atoms with Gasteiger partial charge in [-0.05, 0) is 11.6 Å². The van der Waals surface area contributed by atoms with Gasteiger partial charge in [-0.3, -0.25) is 14.3 Å². The number of hydrogen-bond acceptors (Lipinski definition) is 4. The largest absolute Gasteiger partial charge is 0.383 e. The molecule has 2 heterocycles. The highest BCUT2D eigenvalue weighted by Gasteiger charge is 2.12. The zero-order valence-electron chi connectivity index (χ0n) is 11.5. The van der Waals surface area contributed by atoms with Crippen molar-refractivity contribution >= 4 is 21.6 Å². The summed E-state index contributed by atoms with van der Waals surface area (Å²) in [7, 11) is 1.54. The molecule has 108 valence electrons. The van der Waals surface area contributed by atoms with E-state index in [1.54, 1.807) is 0 Å². The summed E-state index contributed by atoms with van der Waals surface area (Å²) < 4.78 is 6.11. The quantitative estimate of drug-likeness (QED) is 0.802. The van der Waals surface area contributed by atoms with Crippen LogP contribution < -0.4 is 11.2 Å². The van der Waals surface area contributed by atoms with Crippen LogP contribution in [0.5, 0.6) is 0 Å². The number of H-pyrrole nitrogens is 1. The SMILES string of the molecule is COCCn1c(=O)[nH]c2sc(-c3ccccc3)cc2c1=O. The highest BCUT2D eigenvalue weighted by Crippen LogP contribution is 2.30. The highest BCUT2D eigenvalue weighted by molar-refractivity contribution is 7.21. The van der Waals surface area contributed by atoms with Crippen molar-refractivity contribution in [2.45, 2.75) is 6.54 Å². The van der Waals surface area contributed by atoms with E-state index in [2.05, 4.69) is 4.98 Å². The molecule has 5 nitrogen and oxygen atoms in total. The average molecular weight is 302 g/mol. The fraction of sp³-hybridized carbons (Fsp3) is 0.200. The van der Waals surface area contributed by atoms with Gasteiger partial charge in [0.2, 0.25) is 0 Å². The lowest BCUT2D eigenvalue weighted by atomic mass is 10.2. The van der Waals surface area contributed by atoms with Crippen molar-refractivity contribution in [3.8, 4) is 10.4 Å². The molecule has 0 bridgehead atoms. The van der Waals surface area contributed by atoms with Crippen molar-refractivity contribution in [3.05, 3.63) is 57.2 Å². The van der Waals surface area contributed by atoms with Crippen molar-refractivity contribution in [1.29, 1.82) is 0 Å². The molecule has 0 radical (unpaired) electrons. The number of hydrogen-bond donors (Lipinski definition) is 1. The zero-order chi connectivity index (χ0) is 14.8. The van der Waals surface area contributed by atoms with Crippen LogP contribution in [-0.4, -0.2) is 23.3 Å². The van der Waals surface area contributed by atoms with Crippen molar-refractivity contribution in [1.82, 2.24) is 9.55 Å². The van der Waals surface area contributed by atoms with Gasteiger partial charge in [0.25, 0.3) is 5.56 Å². The topological polar surface area (TPSA) is 64.1 Å². The highest BCUT2D eigenvalue weighted by atomic mass is 32.1. The first kappa shape index (κ1) is 13.8. The van der Waals surface area contributed by atoms with Crippen LogP contribution in [0.1, 0.15) is 0 Å². The van der Waals surface area contributed by atoms with Crippen molar-refractivity contribution in [3.63, 3.8) is 0 Å². The van der Waals surface area contributed by atoms with Gasteiger partial charge in [0.15, 0.2) is 0 Å². The Morgan fingerprint density at radius 2 is 2.00 bits per heavy atom. The van der Waals surface area contributed by atoms with E-state index in [1.807, 2.05) is 36.4 Å². The minimum absolute atomic E-state index is 0.247. The van der Waals surface area contributed by atoms with Gasteiger partial charge in [0, 0.05) is 12.0 Å². The number of aromatic nitrogens is 2. The first-order chi connectivity index (χ1) is 10.2. The summed E-state index contributed by atoms with van der Waals surface area (Å²) in [5.74, 6) is 0. The number of benzene rings is 1. The van der Waals surface area contributed by atoms with Crippen molar-refractivity contribution < 1.29 is 4.74 Å². The Kier molecular flexibility index (Phi) is 3.72. The fourth-order valence-electron chi connectivity index (χ4n) is 2.18. The number of nitrogens with zero attached hydrogens (tertiary/aromatic N) is 1. The molecule has 0 atom stereocenters. The van der Waals surface area contributed by atoms with Gasteiger partial charge in [-0.15, -0.1) is 11.3 Å². The standard InChI is InChI=1S/C15H14N2O3S/c1-20-8-7-17-14(18)11-9-12(10-5-3-2-4-6-10)21-13(11)16-15(17)19/h2-6,9H,7-8H2,1H3,(H,16,19). The molecule has 2 aromatic heterocycles. The molecule has 1 N–H and O–H groups in total. The van der Waals surface area contributed by atoms with E-state index < -0.39 is 5.69 Å². The molecule has 0 aliphatic rings. The molecule has 0 aliphatic carbocycles. The molecule has 1 aromatic carbocycles. The summed E-state index contributed by atoms with van der Waals surface area (Å²) in [5, 5.41) is 0.537. The van der Waals surface area contributed by atoms with Crippen molar-refractivity contribution in [2.24, 2.45) is 0 Å². The van der Waals surface area contributed by atoms with Gasteiger partial charge in [0.05, 0.1) is 18.5 Å². The lowest BCUT2D eigenvalue weighted by Gasteiger charge is -2.02. The molecule has 21 heavy (non-hydrogen) atoms. The van der Waals surface area contributed by atoms with Gasteiger partial charge in [-0.2, -0.15) is 0 Å². The van der Waals surface area contributed by atoms with Gasteiger partial charge in [-0.25, -0.2) is 4.79 Å². The Bertz CT molecular complexity index is 877. The fourth-order valence-corrected chi connectivity index (χ4v) is 3.22. The predicted molar refractivity (Wildman–Crippen MR) is 84.0 cm³/mol. The smallest absolute Gasteiger partial charge is 0.329 e. The maximum atomic E-state index is 12.4. The third kappa shape index (κ3) is 2.55. The van der Waals surface area contributed by atoms with E-state index in [1.165, 1.54) is 23.0 Å². The molecule has 0 aliphatic heterocycles. The number of ether oxygens (including phenoxy) is 1. The summed E-state index contributed by atoms with van der Waals surface area (Å²) in [5.41, 5.74) is 0.359. The molecular weight excluding hydrogens is 288 g/mol. The predicted octanol–water partition coefficient (Wildman–Crippen LogP) is 2.06. The van der Waals surface area contributed by atoms with E-state index in [-0.39, 0.29) is 12.1 Å². The molecule has 0 amide bonds. The first-order valence-electron chi connectivity index (χ1n) is 6.51. The number of fused-ring (bicyclic) bond motifs is 1. The molecule has 6 heteroatoms. The summed E-state index contributed by atoms with van der Waals surface area (Å²) in [4.78, 5) is 28.7. The van der Waals surface area contributed by atoms with Crippen LogP contribution in [0.3, 0.4) is 0 Å². The van der Waals surface area contributed by atoms with Crippen LogP contribution in [0.15, 0.2) is 46.0 Å². The van der Waals surface area contributed by atoms with Crippen LogP contribution in [0.25, 0.3) is 20.7 Å². The Morgan fingerprint density at radius 1 is 1.24 bits per heavy atom. The van der Waals surface area contributed by atoms with E-state index in [0.29, 0.717) is 16.8 Å². The van der Waals surface area contributed by atoms with E-state index in [4.69, 9.17) is 4.74 Å². The molecule has 0 fully saturated rings. The van der Waals surface area contributed by atoms with Crippen LogP contribution in [0.2, 0.25) is 0 Å². The summed E-state index contributed by atoms with van der Waals surface area (Å²) in [6.07, 6.45) is 0. The number of rotatable bonds is 4. The van der Waals surface area contributed by atoms with Crippen LogP contribution in [-0.2, 0) is 11.3 Å². The maximum absolute atomic E-state index is 12.4. The minimum atomic E-state index is -0.397. The summed E-state index contributed by atoms with van der Waals surface area (Å²) >= 11 is 1.41. The Morgan fingerprint density at radius 3 is 2.71 bits per heavy atom. The third-order valence-electron chi connectivity index (χ3n) is 3.25. The number of methoxy groups -OCH3 is 1. The van der Waals surface area contributed by atoms with E-state index in [0.717, 1.165) is 10.4 Å². The minimum Gasteiger partial charge on any atom is -0.383 e. The third-order valence-corrected chi connectivity index (χ3v) is 4.35. The molecule has 3 aromatic rings. The first-order valence-corrected chi connectivity index (χ1v) is 7.33. The second kappa shape index (κ2) is 5.67. The average Bonchev–Trinajstić information content (AvgIpc) is 2.92. The Labute approximate surface area is 124 Å². The van der Waals surface area contributed by atoms with Gasteiger partial charge in [0.1, 0.15) is 4.83 Å². The monoisotopic (exact) mass is 302 g/mol. The van der Waals surface area contributed by atoms with E-state index in [9.17, 15) is 9.59 Å². The second-order valence-corrected chi connectivity index (χ2v) is 5.65. The molecular formula is C15H14N2O3S. The molecule has 0 spiro atoms. The lowest BCUT2D eigenvalue weighted by molar-refractivity contribution is 0.185. The van der Waals surface area contributed by atoms with Crippen LogP contribution >= 0.6 is 11.3 Å². The zero-order valence-corrected chi connectivity index (χ0v) is 12.3. The second-order valence-electron chi connectivity index (χ2n) is 4.60. The molecule has 0 saturated carbocycles. The normalized spacial score (nSPS) is 11.1. The number of nitrogens with one attached hydrogen (secondary N) is 1. The van der Waals surface area contributed by atoms with Gasteiger partial charge < -0.3 is 4.74 Å². The lowest BCUT2D eigenvalue weighted by Crippen LogP contribution is -2.35. The van der Waals surface area contributed by atoms with Crippen LogP contribution in [0.4, 0.5) is 0 Å².